The zero-order valence-corrected chi connectivity index (χ0v) is 12.0. The molecule has 0 aliphatic carbocycles. The van der Waals surface area contributed by atoms with Crippen molar-refractivity contribution < 1.29 is 5.11 Å². The summed E-state index contributed by atoms with van der Waals surface area (Å²) < 4.78 is 0. The molecule has 2 aromatic carbocycles. The van der Waals surface area contributed by atoms with Crippen molar-refractivity contribution in [2.24, 2.45) is 4.99 Å². The first kappa shape index (κ1) is 12.5. The van der Waals surface area contributed by atoms with Gasteiger partial charge in [-0.1, -0.05) is 29.8 Å². The molecule has 2 aliphatic rings. The number of fused-ring (bicyclic) bond motifs is 3. The first-order valence-electron chi connectivity index (χ1n) is 6.89. The SMILES string of the molecule is Oc1ccccc1[C@H]1Nc2cc(Cl)ccc2C2=NCCN21. The van der Waals surface area contributed by atoms with Gasteiger partial charge in [0, 0.05) is 28.4 Å². The van der Waals surface area contributed by atoms with Gasteiger partial charge in [0.2, 0.25) is 0 Å². The third kappa shape index (κ3) is 1.94. The number of hydrogen-bond acceptors (Lipinski definition) is 4. The van der Waals surface area contributed by atoms with Crippen molar-refractivity contribution in [1.29, 1.82) is 0 Å². The van der Waals surface area contributed by atoms with Gasteiger partial charge in [0.1, 0.15) is 17.8 Å². The van der Waals surface area contributed by atoms with Crippen LogP contribution in [0.4, 0.5) is 5.69 Å². The molecule has 0 radical (unpaired) electrons. The second-order valence-corrected chi connectivity index (χ2v) is 5.63. The van der Waals surface area contributed by atoms with E-state index in [-0.39, 0.29) is 11.9 Å². The monoisotopic (exact) mass is 299 g/mol. The Labute approximate surface area is 127 Å². The quantitative estimate of drug-likeness (QED) is 0.850. The molecule has 0 saturated heterocycles. The topological polar surface area (TPSA) is 47.9 Å². The number of halogens is 1. The summed E-state index contributed by atoms with van der Waals surface area (Å²) in [6.07, 6.45) is -0.126. The highest BCUT2D eigenvalue weighted by Crippen LogP contribution is 2.38. The summed E-state index contributed by atoms with van der Waals surface area (Å²) in [6, 6.07) is 13.2. The second-order valence-electron chi connectivity index (χ2n) is 5.19. The average molecular weight is 300 g/mol. The molecular weight excluding hydrogens is 286 g/mol. The van der Waals surface area contributed by atoms with Crippen LogP contribution in [0.2, 0.25) is 5.02 Å². The highest BCUT2D eigenvalue weighted by molar-refractivity contribution is 6.31. The maximum absolute atomic E-state index is 10.2. The van der Waals surface area contributed by atoms with Gasteiger partial charge < -0.3 is 15.3 Å². The maximum Gasteiger partial charge on any atom is 0.135 e. The van der Waals surface area contributed by atoms with Crippen LogP contribution in [0, 0.1) is 0 Å². The number of nitrogens with zero attached hydrogens (tertiary/aromatic N) is 2. The Morgan fingerprint density at radius 2 is 2.10 bits per heavy atom. The zero-order chi connectivity index (χ0) is 14.4. The lowest BCUT2D eigenvalue weighted by Crippen LogP contribution is -2.41. The molecule has 4 nitrogen and oxygen atoms in total. The molecule has 0 aromatic heterocycles. The van der Waals surface area contributed by atoms with E-state index in [4.69, 9.17) is 11.6 Å². The molecular formula is C16H14ClN3O. The Kier molecular flexibility index (Phi) is 2.79. The van der Waals surface area contributed by atoms with Crippen molar-refractivity contribution in [3.63, 3.8) is 0 Å². The number of anilines is 1. The first-order valence-corrected chi connectivity index (χ1v) is 7.27. The molecule has 0 bridgehead atoms. The molecule has 5 heteroatoms. The lowest BCUT2D eigenvalue weighted by molar-refractivity contribution is 0.356. The molecule has 0 amide bonds. The van der Waals surface area contributed by atoms with E-state index in [2.05, 4.69) is 15.2 Å². The van der Waals surface area contributed by atoms with E-state index in [0.717, 1.165) is 35.7 Å². The van der Waals surface area contributed by atoms with Gasteiger partial charge in [0.05, 0.1) is 6.54 Å². The van der Waals surface area contributed by atoms with Crippen LogP contribution in [0.25, 0.3) is 0 Å². The predicted molar refractivity (Wildman–Crippen MR) is 84.0 cm³/mol. The third-order valence-electron chi connectivity index (χ3n) is 3.93. The number of phenolic OH excluding ortho intramolecular Hbond substituents is 1. The Bertz CT molecular complexity index is 744. The third-order valence-corrected chi connectivity index (χ3v) is 4.17. The summed E-state index contributed by atoms with van der Waals surface area (Å²) in [5.41, 5.74) is 2.86. The summed E-state index contributed by atoms with van der Waals surface area (Å²) >= 11 is 6.10. The minimum absolute atomic E-state index is 0.126. The van der Waals surface area contributed by atoms with Crippen molar-refractivity contribution in [2.45, 2.75) is 6.17 Å². The fourth-order valence-electron chi connectivity index (χ4n) is 2.97. The molecule has 2 heterocycles. The summed E-state index contributed by atoms with van der Waals surface area (Å²) in [7, 11) is 0. The van der Waals surface area contributed by atoms with E-state index in [9.17, 15) is 5.11 Å². The Hall–Kier alpha value is -2.20. The van der Waals surface area contributed by atoms with Gasteiger partial charge in [-0.15, -0.1) is 0 Å². The molecule has 4 rings (SSSR count). The highest BCUT2D eigenvalue weighted by Gasteiger charge is 2.34. The van der Waals surface area contributed by atoms with Crippen LogP contribution in [0.1, 0.15) is 17.3 Å². The van der Waals surface area contributed by atoms with Crippen LogP contribution in [0.3, 0.4) is 0 Å². The van der Waals surface area contributed by atoms with Gasteiger partial charge in [-0.25, -0.2) is 0 Å². The Balaban J connectivity index is 1.85. The fraction of sp³-hybridized carbons (Fsp3) is 0.188. The van der Waals surface area contributed by atoms with E-state index < -0.39 is 0 Å². The van der Waals surface area contributed by atoms with Gasteiger partial charge >= 0.3 is 0 Å². The van der Waals surface area contributed by atoms with Crippen molar-refractivity contribution in [1.82, 2.24) is 4.90 Å². The maximum atomic E-state index is 10.2. The molecule has 0 saturated carbocycles. The number of amidine groups is 1. The minimum Gasteiger partial charge on any atom is -0.508 e. The van der Waals surface area contributed by atoms with Crippen LogP contribution < -0.4 is 5.32 Å². The molecule has 0 spiro atoms. The molecule has 106 valence electrons. The molecule has 2 aromatic rings. The molecule has 0 unspecified atom stereocenters. The number of nitrogens with one attached hydrogen (secondary N) is 1. The van der Waals surface area contributed by atoms with E-state index >= 15 is 0 Å². The molecule has 21 heavy (non-hydrogen) atoms. The predicted octanol–water partition coefficient (Wildman–Crippen LogP) is 3.23. The lowest BCUT2D eigenvalue weighted by Gasteiger charge is -2.37. The number of hydrogen-bond donors (Lipinski definition) is 2. The summed E-state index contributed by atoms with van der Waals surface area (Å²) in [4.78, 5) is 6.80. The van der Waals surface area contributed by atoms with Crippen molar-refractivity contribution in [3.05, 3.63) is 58.6 Å². The largest absolute Gasteiger partial charge is 0.508 e. The number of aliphatic imine (C=N–C) groups is 1. The van der Waals surface area contributed by atoms with E-state index in [1.165, 1.54) is 0 Å². The van der Waals surface area contributed by atoms with E-state index in [1.54, 1.807) is 6.07 Å². The molecule has 2 aliphatic heterocycles. The standard InChI is InChI=1S/C16H14ClN3O/c17-10-5-6-11-13(9-10)19-16(20-8-7-18-15(11)20)12-3-1-2-4-14(12)21/h1-6,9,16,19,21H,7-8H2/t16-/m0/s1. The van der Waals surface area contributed by atoms with Crippen LogP contribution in [-0.2, 0) is 0 Å². The number of phenols is 1. The van der Waals surface area contributed by atoms with Gasteiger partial charge in [0.15, 0.2) is 0 Å². The minimum atomic E-state index is -0.126. The highest BCUT2D eigenvalue weighted by atomic mass is 35.5. The number of aromatic hydroxyl groups is 1. The van der Waals surface area contributed by atoms with Crippen molar-refractivity contribution >= 4 is 23.1 Å². The average Bonchev–Trinajstić information content (AvgIpc) is 2.96. The fourth-order valence-corrected chi connectivity index (χ4v) is 3.14. The molecule has 1 atom stereocenters. The van der Waals surface area contributed by atoms with Crippen molar-refractivity contribution in [2.75, 3.05) is 18.4 Å². The number of para-hydroxylation sites is 1. The normalized spacial score (nSPS) is 19.6. The van der Waals surface area contributed by atoms with Gasteiger partial charge in [0.25, 0.3) is 0 Å². The van der Waals surface area contributed by atoms with Gasteiger partial charge in [-0.3, -0.25) is 4.99 Å². The number of rotatable bonds is 1. The second kappa shape index (κ2) is 4.67. The summed E-state index contributed by atoms with van der Waals surface area (Å²) in [6.45, 7) is 1.60. The Morgan fingerprint density at radius 1 is 1.24 bits per heavy atom. The van der Waals surface area contributed by atoms with Crippen molar-refractivity contribution in [3.8, 4) is 5.75 Å². The first-order chi connectivity index (χ1) is 10.2. The summed E-state index contributed by atoms with van der Waals surface area (Å²) in [5.74, 6) is 1.25. The van der Waals surface area contributed by atoms with Crippen LogP contribution >= 0.6 is 11.6 Å². The van der Waals surface area contributed by atoms with Crippen LogP contribution in [-0.4, -0.2) is 28.9 Å². The smallest absolute Gasteiger partial charge is 0.135 e. The van der Waals surface area contributed by atoms with Crippen LogP contribution in [0.15, 0.2) is 47.5 Å². The van der Waals surface area contributed by atoms with Crippen LogP contribution in [0.5, 0.6) is 5.75 Å². The molecule has 0 fully saturated rings. The Morgan fingerprint density at radius 3 is 2.95 bits per heavy atom. The number of benzene rings is 2. The molecule has 2 N–H and O–H groups in total. The van der Waals surface area contributed by atoms with Gasteiger partial charge in [-0.05, 0) is 24.3 Å². The van der Waals surface area contributed by atoms with E-state index in [0.29, 0.717) is 5.02 Å². The van der Waals surface area contributed by atoms with Gasteiger partial charge in [-0.2, -0.15) is 0 Å². The van der Waals surface area contributed by atoms with E-state index in [1.807, 2.05) is 36.4 Å². The zero-order valence-electron chi connectivity index (χ0n) is 11.3. The lowest BCUT2D eigenvalue weighted by atomic mass is 10.0. The summed E-state index contributed by atoms with van der Waals surface area (Å²) in [5, 5.41) is 14.3.